The van der Waals surface area contributed by atoms with Crippen molar-refractivity contribution in [2.24, 2.45) is 5.10 Å². The second-order valence-electron chi connectivity index (χ2n) is 5.93. The molecule has 0 bridgehead atoms. The first-order valence-electron chi connectivity index (χ1n) is 8.54. The number of aryl methyl sites for hydroxylation is 1. The molecule has 0 saturated carbocycles. The van der Waals surface area contributed by atoms with E-state index < -0.39 is 0 Å². The van der Waals surface area contributed by atoms with Gasteiger partial charge in [0, 0.05) is 5.71 Å². The van der Waals surface area contributed by atoms with E-state index in [1.54, 1.807) is 10.6 Å². The van der Waals surface area contributed by atoms with Gasteiger partial charge in [-0.1, -0.05) is 38.1 Å². The lowest BCUT2D eigenvalue weighted by atomic mass is 10.1. The van der Waals surface area contributed by atoms with Crippen LogP contribution in [0, 0.1) is 0 Å². The van der Waals surface area contributed by atoms with Crippen molar-refractivity contribution in [1.29, 1.82) is 0 Å². The van der Waals surface area contributed by atoms with Crippen molar-refractivity contribution in [3.63, 3.8) is 0 Å². The molecule has 2 aromatic carbocycles. The highest BCUT2D eigenvalue weighted by molar-refractivity contribution is 5.82. The molecule has 0 radical (unpaired) electrons. The number of nitrogens with zero attached hydrogens (tertiary/aromatic N) is 3. The van der Waals surface area contributed by atoms with Gasteiger partial charge < -0.3 is 0 Å². The van der Waals surface area contributed by atoms with Gasteiger partial charge >= 0.3 is 0 Å². The van der Waals surface area contributed by atoms with Crippen molar-refractivity contribution in [2.75, 3.05) is 5.43 Å². The van der Waals surface area contributed by atoms with E-state index in [9.17, 15) is 4.79 Å². The monoisotopic (exact) mass is 334 g/mol. The lowest BCUT2D eigenvalue weighted by Gasteiger charge is -2.14. The minimum Gasteiger partial charge on any atom is -0.268 e. The van der Waals surface area contributed by atoms with Crippen molar-refractivity contribution >= 4 is 22.6 Å². The van der Waals surface area contributed by atoms with Gasteiger partial charge in [0.2, 0.25) is 5.95 Å². The van der Waals surface area contributed by atoms with Crippen molar-refractivity contribution < 1.29 is 0 Å². The summed E-state index contributed by atoms with van der Waals surface area (Å²) in [5.41, 5.74) is 6.41. The van der Waals surface area contributed by atoms with E-state index in [0.717, 1.165) is 29.8 Å². The standard InChI is InChI=1S/C20H22N4O/c1-4-14(3)22-23-20-21-18-12-7-6-11-17(18)19(25)24(20)16-10-8-9-15(5-2)13-16/h6-13H,4-5H2,1-3H3,(H,21,23)/b22-14+. The van der Waals surface area contributed by atoms with Crippen LogP contribution in [0.3, 0.4) is 0 Å². The second-order valence-corrected chi connectivity index (χ2v) is 5.93. The maximum absolute atomic E-state index is 13.1. The number of anilines is 1. The zero-order valence-corrected chi connectivity index (χ0v) is 14.8. The number of nitrogens with one attached hydrogen (secondary N) is 1. The Morgan fingerprint density at radius 3 is 2.72 bits per heavy atom. The van der Waals surface area contributed by atoms with Crippen LogP contribution in [0.1, 0.15) is 32.8 Å². The lowest BCUT2D eigenvalue weighted by Crippen LogP contribution is -2.23. The van der Waals surface area contributed by atoms with Gasteiger partial charge in [0.25, 0.3) is 5.56 Å². The fraction of sp³-hybridized carbons (Fsp3) is 0.250. The van der Waals surface area contributed by atoms with Gasteiger partial charge in [0.05, 0.1) is 16.6 Å². The molecular weight excluding hydrogens is 312 g/mol. The maximum atomic E-state index is 13.1. The van der Waals surface area contributed by atoms with Gasteiger partial charge in [0.15, 0.2) is 0 Å². The normalized spacial score (nSPS) is 11.7. The van der Waals surface area contributed by atoms with Crippen LogP contribution in [0.15, 0.2) is 58.4 Å². The Hall–Kier alpha value is -2.95. The molecule has 0 unspecified atom stereocenters. The summed E-state index contributed by atoms with van der Waals surface area (Å²) in [7, 11) is 0. The van der Waals surface area contributed by atoms with Crippen molar-refractivity contribution in [3.05, 3.63) is 64.4 Å². The molecule has 5 nitrogen and oxygen atoms in total. The van der Waals surface area contributed by atoms with E-state index >= 15 is 0 Å². The quantitative estimate of drug-likeness (QED) is 0.563. The van der Waals surface area contributed by atoms with Gasteiger partial charge in [-0.15, -0.1) is 0 Å². The van der Waals surface area contributed by atoms with E-state index in [-0.39, 0.29) is 5.56 Å². The Kier molecular flexibility index (Phi) is 4.93. The number of fused-ring (bicyclic) bond motifs is 1. The molecule has 0 aliphatic rings. The van der Waals surface area contributed by atoms with Crippen LogP contribution in [-0.2, 0) is 6.42 Å². The molecule has 3 aromatic rings. The molecule has 0 spiro atoms. The molecule has 0 fully saturated rings. The highest BCUT2D eigenvalue weighted by Crippen LogP contribution is 2.17. The van der Waals surface area contributed by atoms with Gasteiger partial charge in [-0.25, -0.2) is 15.0 Å². The van der Waals surface area contributed by atoms with Crippen molar-refractivity contribution in [1.82, 2.24) is 9.55 Å². The van der Waals surface area contributed by atoms with Crippen molar-refractivity contribution in [3.8, 4) is 5.69 Å². The van der Waals surface area contributed by atoms with Gasteiger partial charge in [-0.3, -0.25) is 4.79 Å². The Labute approximate surface area is 147 Å². The molecule has 1 N–H and O–H groups in total. The third-order valence-corrected chi connectivity index (χ3v) is 4.21. The molecule has 1 aromatic heterocycles. The summed E-state index contributed by atoms with van der Waals surface area (Å²) in [5.74, 6) is 0.421. The molecule has 1 heterocycles. The number of aromatic nitrogens is 2. The summed E-state index contributed by atoms with van der Waals surface area (Å²) in [4.78, 5) is 17.7. The van der Waals surface area contributed by atoms with Gasteiger partial charge in [0.1, 0.15) is 0 Å². The molecule has 25 heavy (non-hydrogen) atoms. The van der Waals surface area contributed by atoms with Crippen LogP contribution in [0.25, 0.3) is 16.6 Å². The SMILES string of the molecule is CC/C(C)=N/Nc1nc2ccccc2c(=O)n1-c1cccc(CC)c1. The average molecular weight is 334 g/mol. The molecule has 0 aliphatic heterocycles. The van der Waals surface area contributed by atoms with Crippen molar-refractivity contribution in [2.45, 2.75) is 33.6 Å². The molecule has 0 aliphatic carbocycles. The molecule has 128 valence electrons. The zero-order valence-electron chi connectivity index (χ0n) is 14.8. The van der Waals surface area contributed by atoms with Crippen LogP contribution in [0.4, 0.5) is 5.95 Å². The number of hydrogen-bond acceptors (Lipinski definition) is 4. The number of hydrogen-bond donors (Lipinski definition) is 1. The van der Waals surface area contributed by atoms with Crippen LogP contribution in [-0.4, -0.2) is 15.3 Å². The molecule has 3 rings (SSSR count). The molecule has 0 atom stereocenters. The number of para-hydroxylation sites is 1. The van der Waals surface area contributed by atoms with Crippen LogP contribution < -0.4 is 11.0 Å². The second kappa shape index (κ2) is 7.30. The lowest BCUT2D eigenvalue weighted by molar-refractivity contribution is 0.948. The van der Waals surface area contributed by atoms with E-state index in [1.807, 2.05) is 50.2 Å². The van der Waals surface area contributed by atoms with Gasteiger partial charge in [-0.2, -0.15) is 5.10 Å². The van der Waals surface area contributed by atoms with E-state index in [4.69, 9.17) is 0 Å². The highest BCUT2D eigenvalue weighted by atomic mass is 16.1. The number of benzene rings is 2. The van der Waals surface area contributed by atoms with E-state index in [1.165, 1.54) is 0 Å². The van der Waals surface area contributed by atoms with Gasteiger partial charge in [-0.05, 0) is 49.6 Å². The average Bonchev–Trinajstić information content (AvgIpc) is 2.66. The van der Waals surface area contributed by atoms with E-state index in [0.29, 0.717) is 16.9 Å². The largest absolute Gasteiger partial charge is 0.268 e. The Morgan fingerprint density at radius 2 is 1.96 bits per heavy atom. The molecule has 0 amide bonds. The summed E-state index contributed by atoms with van der Waals surface area (Å²) >= 11 is 0. The van der Waals surface area contributed by atoms with Crippen LogP contribution in [0.5, 0.6) is 0 Å². The summed E-state index contributed by atoms with van der Waals surface area (Å²) in [6, 6.07) is 15.3. The summed E-state index contributed by atoms with van der Waals surface area (Å²) in [5, 5.41) is 4.92. The van der Waals surface area contributed by atoms with E-state index in [2.05, 4.69) is 28.5 Å². The predicted molar refractivity (Wildman–Crippen MR) is 104 cm³/mol. The topological polar surface area (TPSA) is 59.3 Å². The molecular formula is C20H22N4O. The Morgan fingerprint density at radius 1 is 1.16 bits per heavy atom. The Bertz CT molecular complexity index is 988. The minimum absolute atomic E-state index is 0.106. The molecule has 5 heteroatoms. The minimum atomic E-state index is -0.106. The Balaban J connectivity index is 2.26. The molecule has 0 saturated heterocycles. The zero-order chi connectivity index (χ0) is 17.8. The number of hydrazone groups is 1. The fourth-order valence-electron chi connectivity index (χ4n) is 2.59. The first kappa shape index (κ1) is 16.9. The summed E-state index contributed by atoms with van der Waals surface area (Å²) in [6.45, 7) is 6.06. The first-order valence-corrected chi connectivity index (χ1v) is 8.54. The third kappa shape index (κ3) is 3.45. The maximum Gasteiger partial charge on any atom is 0.267 e. The fourth-order valence-corrected chi connectivity index (χ4v) is 2.59. The third-order valence-electron chi connectivity index (χ3n) is 4.21. The summed E-state index contributed by atoms with van der Waals surface area (Å²) in [6.07, 6.45) is 1.73. The van der Waals surface area contributed by atoms with Crippen LogP contribution in [0.2, 0.25) is 0 Å². The number of rotatable bonds is 5. The highest BCUT2D eigenvalue weighted by Gasteiger charge is 2.12. The smallest absolute Gasteiger partial charge is 0.267 e. The predicted octanol–water partition coefficient (Wildman–Crippen LogP) is 4.15. The van der Waals surface area contributed by atoms with Crippen LogP contribution >= 0.6 is 0 Å². The first-order chi connectivity index (χ1) is 12.1. The summed E-state index contributed by atoms with van der Waals surface area (Å²) < 4.78 is 1.59.